The number of aromatic nitrogens is 2. The van der Waals surface area contributed by atoms with Crippen LogP contribution in [0.3, 0.4) is 0 Å². The van der Waals surface area contributed by atoms with E-state index >= 15 is 0 Å². The van der Waals surface area contributed by atoms with Gasteiger partial charge in [0.1, 0.15) is 0 Å². The molecule has 94 valence electrons. The molecule has 5 nitrogen and oxygen atoms in total. The maximum Gasteiger partial charge on any atom is 0.221 e. The first kappa shape index (κ1) is 13.6. The number of carbonyl (C=O) groups excluding carboxylic acids is 1. The van der Waals surface area contributed by atoms with E-state index in [2.05, 4.69) is 20.6 Å². The van der Waals surface area contributed by atoms with Gasteiger partial charge >= 0.3 is 0 Å². The molecule has 2 N–H and O–H groups in total. The fourth-order valence-electron chi connectivity index (χ4n) is 1.32. The normalized spacial score (nSPS) is 11.2. The highest BCUT2D eigenvalue weighted by molar-refractivity contribution is 5.76. The molecular weight excluding hydrogens is 216 g/mol. The van der Waals surface area contributed by atoms with Gasteiger partial charge in [-0.2, -0.15) is 0 Å². The van der Waals surface area contributed by atoms with Crippen molar-refractivity contribution in [1.29, 1.82) is 0 Å². The Morgan fingerprint density at radius 3 is 2.71 bits per heavy atom. The summed E-state index contributed by atoms with van der Waals surface area (Å²) in [5.41, 5.74) is 0.714. The summed E-state index contributed by atoms with van der Waals surface area (Å²) in [6.07, 6.45) is 5.48. The van der Waals surface area contributed by atoms with E-state index in [1.807, 2.05) is 20.8 Å². The van der Waals surface area contributed by atoms with Gasteiger partial charge in [0.05, 0.1) is 5.69 Å². The minimum atomic E-state index is -0.165. The van der Waals surface area contributed by atoms with Crippen LogP contribution in [0, 0.1) is 0 Å². The van der Waals surface area contributed by atoms with Crippen LogP contribution in [0.2, 0.25) is 0 Å². The van der Waals surface area contributed by atoms with Crippen molar-refractivity contribution in [3.05, 3.63) is 24.3 Å². The quantitative estimate of drug-likeness (QED) is 0.744. The molecule has 0 aliphatic carbocycles. The van der Waals surface area contributed by atoms with Crippen molar-refractivity contribution in [3.63, 3.8) is 0 Å². The maximum atomic E-state index is 11.5. The summed E-state index contributed by atoms with van der Waals surface area (Å²) in [5.74, 6) is 0.0594. The van der Waals surface area contributed by atoms with Gasteiger partial charge in [-0.3, -0.25) is 14.8 Å². The average Bonchev–Trinajstić information content (AvgIpc) is 2.23. The minimum absolute atomic E-state index is 0.0594. The van der Waals surface area contributed by atoms with E-state index in [0.717, 1.165) is 5.69 Å². The molecule has 0 aliphatic heterocycles. The zero-order valence-electron chi connectivity index (χ0n) is 10.7. The van der Waals surface area contributed by atoms with Gasteiger partial charge in [-0.15, -0.1) is 0 Å². The number of hydrogen-bond acceptors (Lipinski definition) is 4. The van der Waals surface area contributed by atoms with E-state index in [4.69, 9.17) is 0 Å². The monoisotopic (exact) mass is 236 g/mol. The molecule has 0 fully saturated rings. The second-order valence-electron chi connectivity index (χ2n) is 4.92. The molecule has 17 heavy (non-hydrogen) atoms. The van der Waals surface area contributed by atoms with E-state index in [-0.39, 0.29) is 11.4 Å². The number of amides is 1. The van der Waals surface area contributed by atoms with Gasteiger partial charge in [0.15, 0.2) is 0 Å². The van der Waals surface area contributed by atoms with Gasteiger partial charge in [-0.25, -0.2) is 0 Å². The van der Waals surface area contributed by atoms with Gasteiger partial charge in [0.25, 0.3) is 0 Å². The Balaban J connectivity index is 2.14. The first-order valence-corrected chi connectivity index (χ1v) is 5.74. The second kappa shape index (κ2) is 6.30. The number of rotatable bonds is 5. The maximum absolute atomic E-state index is 11.5. The second-order valence-corrected chi connectivity index (χ2v) is 4.92. The molecule has 0 unspecified atom stereocenters. The molecule has 0 aliphatic rings. The van der Waals surface area contributed by atoms with E-state index in [1.54, 1.807) is 18.6 Å². The highest BCUT2D eigenvalue weighted by Gasteiger charge is 2.12. The molecule has 1 heterocycles. The lowest BCUT2D eigenvalue weighted by molar-refractivity contribution is -0.122. The van der Waals surface area contributed by atoms with Crippen LogP contribution in [0.15, 0.2) is 18.6 Å². The number of nitrogens with zero attached hydrogens (tertiary/aromatic N) is 2. The smallest absolute Gasteiger partial charge is 0.221 e. The Hall–Kier alpha value is -1.49. The van der Waals surface area contributed by atoms with Crippen molar-refractivity contribution in [1.82, 2.24) is 20.6 Å². The number of carbonyl (C=O) groups is 1. The van der Waals surface area contributed by atoms with Gasteiger partial charge in [-0.05, 0) is 20.8 Å². The van der Waals surface area contributed by atoms with Crippen LogP contribution >= 0.6 is 0 Å². The lowest BCUT2D eigenvalue weighted by Crippen LogP contribution is -2.41. The SMILES string of the molecule is CC(C)(C)NC(=O)CCNCc1cnccn1. The van der Waals surface area contributed by atoms with E-state index < -0.39 is 0 Å². The van der Waals surface area contributed by atoms with Crippen molar-refractivity contribution < 1.29 is 4.79 Å². The molecule has 0 bridgehead atoms. The standard InChI is InChI=1S/C12H20N4O/c1-12(2,3)16-11(17)4-5-13-8-10-9-14-6-7-15-10/h6-7,9,13H,4-5,8H2,1-3H3,(H,16,17). The molecular formula is C12H20N4O. The fourth-order valence-corrected chi connectivity index (χ4v) is 1.32. The lowest BCUT2D eigenvalue weighted by atomic mass is 10.1. The molecule has 0 aromatic carbocycles. The molecule has 1 aromatic heterocycles. The number of nitrogens with one attached hydrogen (secondary N) is 2. The highest BCUT2D eigenvalue weighted by atomic mass is 16.1. The van der Waals surface area contributed by atoms with Crippen molar-refractivity contribution in [2.75, 3.05) is 6.54 Å². The van der Waals surface area contributed by atoms with Crippen molar-refractivity contribution in [2.24, 2.45) is 0 Å². The molecule has 0 saturated carbocycles. The van der Waals surface area contributed by atoms with Crippen LogP contribution in [-0.2, 0) is 11.3 Å². The fraction of sp³-hybridized carbons (Fsp3) is 0.583. The molecule has 0 atom stereocenters. The Morgan fingerprint density at radius 2 is 2.12 bits per heavy atom. The molecule has 1 rings (SSSR count). The minimum Gasteiger partial charge on any atom is -0.351 e. The summed E-state index contributed by atoms with van der Waals surface area (Å²) in [6, 6.07) is 0. The molecule has 0 spiro atoms. The Bertz CT molecular complexity index is 345. The van der Waals surface area contributed by atoms with Crippen molar-refractivity contribution in [2.45, 2.75) is 39.3 Å². The third kappa shape index (κ3) is 6.63. The first-order chi connectivity index (χ1) is 7.97. The molecule has 0 saturated heterocycles. The zero-order valence-corrected chi connectivity index (χ0v) is 10.7. The predicted octanol–water partition coefficient (Wildman–Crippen LogP) is 0.871. The van der Waals surface area contributed by atoms with Crippen LogP contribution in [0.5, 0.6) is 0 Å². The highest BCUT2D eigenvalue weighted by Crippen LogP contribution is 1.98. The van der Waals surface area contributed by atoms with Crippen LogP contribution in [0.1, 0.15) is 32.9 Å². The Labute approximate surface area is 102 Å². The number of hydrogen-bond donors (Lipinski definition) is 2. The van der Waals surface area contributed by atoms with Gasteiger partial charge in [-0.1, -0.05) is 0 Å². The third-order valence-corrected chi connectivity index (χ3v) is 1.97. The van der Waals surface area contributed by atoms with E-state index in [1.165, 1.54) is 0 Å². The topological polar surface area (TPSA) is 66.9 Å². The average molecular weight is 236 g/mol. The Morgan fingerprint density at radius 1 is 1.35 bits per heavy atom. The van der Waals surface area contributed by atoms with Crippen molar-refractivity contribution >= 4 is 5.91 Å². The first-order valence-electron chi connectivity index (χ1n) is 5.74. The van der Waals surface area contributed by atoms with Crippen LogP contribution in [0.25, 0.3) is 0 Å². The summed E-state index contributed by atoms with van der Waals surface area (Å²) in [6.45, 7) is 7.18. The molecule has 1 amide bonds. The van der Waals surface area contributed by atoms with Gasteiger partial charge in [0, 0.05) is 43.6 Å². The lowest BCUT2D eigenvalue weighted by Gasteiger charge is -2.20. The summed E-state index contributed by atoms with van der Waals surface area (Å²) < 4.78 is 0. The van der Waals surface area contributed by atoms with Crippen LogP contribution in [-0.4, -0.2) is 28.0 Å². The third-order valence-electron chi connectivity index (χ3n) is 1.97. The van der Waals surface area contributed by atoms with Crippen molar-refractivity contribution in [3.8, 4) is 0 Å². The molecule has 5 heteroatoms. The largest absolute Gasteiger partial charge is 0.351 e. The van der Waals surface area contributed by atoms with E-state index in [9.17, 15) is 4.79 Å². The summed E-state index contributed by atoms with van der Waals surface area (Å²) in [5, 5.41) is 6.07. The van der Waals surface area contributed by atoms with E-state index in [0.29, 0.717) is 19.5 Å². The Kier molecular flexibility index (Phi) is 5.03. The van der Waals surface area contributed by atoms with Crippen LogP contribution < -0.4 is 10.6 Å². The summed E-state index contributed by atoms with van der Waals surface area (Å²) in [4.78, 5) is 19.6. The molecule has 1 aromatic rings. The van der Waals surface area contributed by atoms with Gasteiger partial charge in [0.2, 0.25) is 5.91 Å². The van der Waals surface area contributed by atoms with Gasteiger partial charge < -0.3 is 10.6 Å². The summed E-state index contributed by atoms with van der Waals surface area (Å²) in [7, 11) is 0. The van der Waals surface area contributed by atoms with Crippen LogP contribution in [0.4, 0.5) is 0 Å². The zero-order chi connectivity index (χ0) is 12.7. The predicted molar refractivity (Wildman–Crippen MR) is 66.3 cm³/mol. The summed E-state index contributed by atoms with van der Waals surface area (Å²) >= 11 is 0. The molecule has 0 radical (unpaired) electrons.